The highest BCUT2D eigenvalue weighted by Crippen LogP contribution is 2.22. The molecule has 0 aliphatic heterocycles. The Morgan fingerprint density at radius 1 is 1.29 bits per heavy atom. The lowest BCUT2D eigenvalue weighted by Gasteiger charge is -2.26. The molecule has 5 nitrogen and oxygen atoms in total. The van der Waals surface area contributed by atoms with E-state index in [0.29, 0.717) is 19.0 Å². The van der Waals surface area contributed by atoms with Crippen LogP contribution < -0.4 is 10.6 Å². The summed E-state index contributed by atoms with van der Waals surface area (Å²) < 4.78 is 15.2. The van der Waals surface area contributed by atoms with Crippen LogP contribution in [0.1, 0.15) is 25.1 Å². The summed E-state index contributed by atoms with van der Waals surface area (Å²) in [5.74, 6) is 0.491. The normalized spacial score (nSPS) is 11.8. The summed E-state index contributed by atoms with van der Waals surface area (Å²) in [5.41, 5.74) is 1.80. The maximum atomic E-state index is 13.4. The van der Waals surface area contributed by atoms with Crippen LogP contribution >= 0.6 is 24.0 Å². The third-order valence-electron chi connectivity index (χ3n) is 3.89. The van der Waals surface area contributed by atoms with Gasteiger partial charge < -0.3 is 10.6 Å². The fourth-order valence-electron chi connectivity index (χ4n) is 2.29. The molecule has 1 aromatic carbocycles. The second-order valence-electron chi connectivity index (χ2n) is 6.12. The first kappa shape index (κ1) is 20.4. The average Bonchev–Trinajstić information content (AvgIpc) is 2.93. The molecule has 0 saturated carbocycles. The molecular weight excluding hydrogens is 420 g/mol. The molecule has 2 aromatic rings. The second kappa shape index (κ2) is 9.00. The predicted molar refractivity (Wildman–Crippen MR) is 106 cm³/mol. The first-order valence-electron chi connectivity index (χ1n) is 7.60. The summed E-state index contributed by atoms with van der Waals surface area (Å²) in [4.78, 5) is 4.22. The monoisotopic (exact) mass is 445 g/mol. The van der Waals surface area contributed by atoms with Crippen molar-refractivity contribution < 1.29 is 4.39 Å². The molecule has 2 N–H and O–H groups in total. The quantitative estimate of drug-likeness (QED) is 0.423. The summed E-state index contributed by atoms with van der Waals surface area (Å²) in [6, 6.07) is 8.67. The highest BCUT2D eigenvalue weighted by molar-refractivity contribution is 14.0. The number of hydrogen-bond donors (Lipinski definition) is 2. The zero-order valence-corrected chi connectivity index (χ0v) is 16.8. The van der Waals surface area contributed by atoms with Crippen LogP contribution in [0.4, 0.5) is 4.39 Å². The fraction of sp³-hybridized carbons (Fsp3) is 0.412. The first-order valence-corrected chi connectivity index (χ1v) is 7.60. The molecule has 0 bridgehead atoms. The summed E-state index contributed by atoms with van der Waals surface area (Å²) in [6.45, 7) is 5.42. The number of aromatic nitrogens is 2. The molecule has 24 heavy (non-hydrogen) atoms. The minimum absolute atomic E-state index is 0. The minimum atomic E-state index is -0.216. The van der Waals surface area contributed by atoms with Gasteiger partial charge in [-0.05, 0) is 23.8 Å². The number of rotatable bonds is 5. The van der Waals surface area contributed by atoms with Crippen molar-refractivity contribution in [1.82, 2.24) is 20.4 Å². The molecular formula is C17H25FIN5. The number of hydrogen-bond acceptors (Lipinski definition) is 2. The standard InChI is InChI=1S/C17H24FN5.HI/c1-17(2,13-6-5-7-14(18)10-13)12-21-16(19-3)20-11-15-8-9-22-23(15)4;/h5-10H,11-12H2,1-4H3,(H2,19,20,21);1H. The lowest BCUT2D eigenvalue weighted by Crippen LogP contribution is -2.43. The Kier molecular flexibility index (Phi) is 7.65. The molecule has 0 radical (unpaired) electrons. The number of nitrogens with one attached hydrogen (secondary N) is 2. The molecule has 0 fully saturated rings. The van der Waals surface area contributed by atoms with E-state index in [1.807, 2.05) is 23.9 Å². The zero-order chi connectivity index (χ0) is 16.9. The average molecular weight is 445 g/mol. The van der Waals surface area contributed by atoms with Crippen LogP contribution in [0.15, 0.2) is 41.5 Å². The van der Waals surface area contributed by atoms with Gasteiger partial charge in [0.05, 0.1) is 12.2 Å². The van der Waals surface area contributed by atoms with E-state index in [4.69, 9.17) is 0 Å². The van der Waals surface area contributed by atoms with Crippen molar-refractivity contribution in [3.05, 3.63) is 53.6 Å². The molecule has 1 aromatic heterocycles. The molecule has 132 valence electrons. The zero-order valence-electron chi connectivity index (χ0n) is 14.5. The Labute approximate surface area is 159 Å². The topological polar surface area (TPSA) is 54.2 Å². The lowest BCUT2D eigenvalue weighted by atomic mass is 9.84. The van der Waals surface area contributed by atoms with Gasteiger partial charge in [-0.25, -0.2) is 4.39 Å². The summed E-state index contributed by atoms with van der Waals surface area (Å²) >= 11 is 0. The molecule has 2 rings (SSSR count). The van der Waals surface area contributed by atoms with E-state index < -0.39 is 0 Å². The number of halogens is 2. The van der Waals surface area contributed by atoms with Crippen molar-refractivity contribution in [2.45, 2.75) is 25.8 Å². The fourth-order valence-corrected chi connectivity index (χ4v) is 2.29. The van der Waals surface area contributed by atoms with E-state index in [1.54, 1.807) is 25.4 Å². The van der Waals surface area contributed by atoms with Gasteiger partial charge in [-0.1, -0.05) is 26.0 Å². The number of nitrogens with zero attached hydrogens (tertiary/aromatic N) is 3. The molecule has 0 unspecified atom stereocenters. The second-order valence-corrected chi connectivity index (χ2v) is 6.12. The van der Waals surface area contributed by atoms with E-state index in [2.05, 4.69) is 34.6 Å². The van der Waals surface area contributed by atoms with Gasteiger partial charge in [0, 0.05) is 32.3 Å². The summed E-state index contributed by atoms with van der Waals surface area (Å²) in [5, 5.41) is 10.7. The third-order valence-corrected chi connectivity index (χ3v) is 3.89. The molecule has 0 atom stereocenters. The lowest BCUT2D eigenvalue weighted by molar-refractivity contribution is 0.502. The molecule has 0 saturated heterocycles. The van der Waals surface area contributed by atoms with E-state index in [1.165, 1.54) is 6.07 Å². The largest absolute Gasteiger partial charge is 0.356 e. The van der Waals surface area contributed by atoms with Gasteiger partial charge in [-0.15, -0.1) is 24.0 Å². The highest BCUT2D eigenvalue weighted by atomic mass is 127. The highest BCUT2D eigenvalue weighted by Gasteiger charge is 2.21. The Bertz CT molecular complexity index is 681. The number of aliphatic imine (C=N–C) groups is 1. The summed E-state index contributed by atoms with van der Waals surface area (Å²) in [7, 11) is 3.63. The van der Waals surface area contributed by atoms with Crippen LogP contribution in [-0.2, 0) is 19.0 Å². The molecule has 0 aliphatic rings. The molecule has 1 heterocycles. The van der Waals surface area contributed by atoms with E-state index >= 15 is 0 Å². The van der Waals surface area contributed by atoms with Crippen LogP contribution in [0.3, 0.4) is 0 Å². The van der Waals surface area contributed by atoms with E-state index in [-0.39, 0.29) is 35.2 Å². The van der Waals surface area contributed by atoms with Crippen molar-refractivity contribution in [3.63, 3.8) is 0 Å². The van der Waals surface area contributed by atoms with Crippen LogP contribution in [0.25, 0.3) is 0 Å². The number of guanidine groups is 1. The summed E-state index contributed by atoms with van der Waals surface area (Å²) in [6.07, 6.45) is 1.76. The molecule has 0 aliphatic carbocycles. The van der Waals surface area contributed by atoms with E-state index in [0.717, 1.165) is 11.3 Å². The SMILES string of the molecule is CN=C(NCc1ccnn1C)NCC(C)(C)c1cccc(F)c1.I. The predicted octanol–water partition coefficient (Wildman–Crippen LogP) is 2.82. The van der Waals surface area contributed by atoms with Crippen molar-refractivity contribution >= 4 is 29.9 Å². The van der Waals surface area contributed by atoms with Gasteiger partial charge in [-0.3, -0.25) is 9.67 Å². The molecule has 7 heteroatoms. The van der Waals surface area contributed by atoms with Gasteiger partial charge in [-0.2, -0.15) is 5.10 Å². The Morgan fingerprint density at radius 3 is 2.62 bits per heavy atom. The van der Waals surface area contributed by atoms with Crippen molar-refractivity contribution in [1.29, 1.82) is 0 Å². The Morgan fingerprint density at radius 2 is 2.04 bits per heavy atom. The van der Waals surface area contributed by atoms with Crippen LogP contribution in [0.2, 0.25) is 0 Å². The number of aryl methyl sites for hydroxylation is 1. The van der Waals surface area contributed by atoms with Crippen LogP contribution in [-0.4, -0.2) is 29.3 Å². The van der Waals surface area contributed by atoms with Gasteiger partial charge in [0.1, 0.15) is 5.82 Å². The number of benzene rings is 1. The van der Waals surface area contributed by atoms with Crippen LogP contribution in [0.5, 0.6) is 0 Å². The molecule has 0 spiro atoms. The van der Waals surface area contributed by atoms with Gasteiger partial charge in [0.15, 0.2) is 5.96 Å². The van der Waals surface area contributed by atoms with Crippen LogP contribution in [0, 0.1) is 5.82 Å². The van der Waals surface area contributed by atoms with Crippen molar-refractivity contribution in [2.24, 2.45) is 12.0 Å². The van der Waals surface area contributed by atoms with Gasteiger partial charge in [0.25, 0.3) is 0 Å². The smallest absolute Gasteiger partial charge is 0.191 e. The Balaban J connectivity index is 0.00000288. The maximum Gasteiger partial charge on any atom is 0.191 e. The third kappa shape index (κ3) is 5.47. The van der Waals surface area contributed by atoms with Gasteiger partial charge >= 0.3 is 0 Å². The maximum absolute atomic E-state index is 13.4. The van der Waals surface area contributed by atoms with Crippen molar-refractivity contribution in [3.8, 4) is 0 Å². The minimum Gasteiger partial charge on any atom is -0.356 e. The Hall–Kier alpha value is -1.64. The first-order chi connectivity index (χ1) is 10.9. The van der Waals surface area contributed by atoms with Crippen molar-refractivity contribution in [2.75, 3.05) is 13.6 Å². The van der Waals surface area contributed by atoms with E-state index in [9.17, 15) is 4.39 Å². The van der Waals surface area contributed by atoms with Gasteiger partial charge in [0.2, 0.25) is 0 Å². The molecule has 0 amide bonds.